The van der Waals surface area contributed by atoms with Crippen LogP contribution in [-0.4, -0.2) is 51.2 Å². The third-order valence-electron chi connectivity index (χ3n) is 5.25. The van der Waals surface area contributed by atoms with Crippen LogP contribution in [0, 0.1) is 10.1 Å². The lowest BCUT2D eigenvalue weighted by Gasteiger charge is -2.16. The first-order valence-electron chi connectivity index (χ1n) is 12.4. The van der Waals surface area contributed by atoms with Crippen molar-refractivity contribution in [2.75, 3.05) is 25.3 Å². The second kappa shape index (κ2) is 14.9. The number of nitro benzene ring substituents is 1. The van der Waals surface area contributed by atoms with Crippen molar-refractivity contribution >= 4 is 41.0 Å². The largest absolute Gasteiger partial charge is 0.463 e. The number of thioether (sulfide) groups is 1. The van der Waals surface area contributed by atoms with Gasteiger partial charge in [0.25, 0.3) is 11.2 Å². The number of alkyl halides is 3. The van der Waals surface area contributed by atoms with E-state index in [1.54, 1.807) is 6.26 Å². The van der Waals surface area contributed by atoms with Crippen LogP contribution in [0.5, 0.6) is 11.5 Å². The van der Waals surface area contributed by atoms with E-state index in [1.165, 1.54) is 18.7 Å². The Balaban J connectivity index is 0.000000402. The van der Waals surface area contributed by atoms with Gasteiger partial charge in [-0.15, -0.1) is 10.2 Å². The van der Waals surface area contributed by atoms with Gasteiger partial charge in [-0.2, -0.15) is 17.8 Å². The smallest absolute Gasteiger partial charge is 0.416 e. The molecule has 2 aromatic carbocycles. The highest BCUT2D eigenvalue weighted by Crippen LogP contribution is 2.37. The molecule has 0 saturated carbocycles. The Morgan fingerprint density at radius 2 is 1.77 bits per heavy atom. The van der Waals surface area contributed by atoms with Crippen molar-refractivity contribution in [2.45, 2.75) is 44.4 Å². The van der Waals surface area contributed by atoms with Gasteiger partial charge in [-0.05, 0) is 37.4 Å². The van der Waals surface area contributed by atoms with Crippen LogP contribution in [-0.2, 0) is 25.9 Å². The number of halogens is 4. The second-order valence-corrected chi connectivity index (χ2v) is 10.7. The molecule has 1 aromatic heterocycles. The lowest BCUT2D eigenvalue weighted by molar-refractivity contribution is -0.385. The first-order valence-corrected chi connectivity index (χ1v) is 14.0. The fourth-order valence-electron chi connectivity index (χ4n) is 3.19. The first-order chi connectivity index (χ1) is 20.4. The van der Waals surface area contributed by atoms with Crippen molar-refractivity contribution in [1.29, 1.82) is 0 Å². The Labute approximate surface area is 257 Å². The molecule has 0 aliphatic carbocycles. The van der Waals surface area contributed by atoms with E-state index >= 15 is 0 Å². The van der Waals surface area contributed by atoms with Crippen LogP contribution in [0.1, 0.15) is 49.3 Å². The molecule has 0 radical (unpaired) electrons. The van der Waals surface area contributed by atoms with E-state index in [2.05, 4.69) is 14.9 Å². The molecule has 0 aliphatic rings. The van der Waals surface area contributed by atoms with Crippen LogP contribution >= 0.6 is 23.4 Å². The summed E-state index contributed by atoms with van der Waals surface area (Å²) in [6, 6.07) is 5.35. The van der Waals surface area contributed by atoms with Crippen LogP contribution < -0.4 is 16.1 Å². The number of hydrogen-bond donors (Lipinski definition) is 1. The van der Waals surface area contributed by atoms with Gasteiger partial charge in [-0.1, -0.05) is 44.1 Å². The number of hydrogen-bond acceptors (Lipinski definition) is 12. The number of nitrogens with zero attached hydrogens (tertiary/aromatic N) is 4. The quantitative estimate of drug-likeness (QED) is 0.110. The third-order valence-corrected chi connectivity index (χ3v) is 6.19. The van der Waals surface area contributed by atoms with Gasteiger partial charge in [0, 0.05) is 17.5 Å². The molecule has 3 aromatic rings. The molecule has 13 nitrogen and oxygen atoms in total. The third kappa shape index (κ3) is 9.57. The summed E-state index contributed by atoms with van der Waals surface area (Å²) in [4.78, 5) is 45.5. The van der Waals surface area contributed by atoms with E-state index in [4.69, 9.17) is 26.9 Å². The number of carbonyl (C=O) groups excluding carboxylic acids is 2. The van der Waals surface area contributed by atoms with Crippen LogP contribution in [0.25, 0.3) is 0 Å². The van der Waals surface area contributed by atoms with Crippen molar-refractivity contribution in [3.05, 3.63) is 78.7 Å². The highest BCUT2D eigenvalue weighted by Gasteiger charge is 2.31. The van der Waals surface area contributed by atoms with Gasteiger partial charge in [0.05, 0.1) is 22.1 Å². The maximum Gasteiger partial charge on any atom is 0.416 e. The minimum Gasteiger partial charge on any atom is -0.463 e. The standard InChI is InChI=1S/C18H13ClF3NO7.C8H14N4OS/c1-2-28-16(24)9-29-17(25)12-8-11(4-5-14(12)23(26)27)30-15-6-3-10(7-13(15)19)18(20,21)22;1-8(2,3)5-6(13)12(9)7(14-4)11-10-5/h3-8H,2,9H2,1H3;9H2,1-4H3. The average molecular weight is 662 g/mol. The lowest BCUT2D eigenvalue weighted by Crippen LogP contribution is -2.37. The number of esters is 2. The van der Waals surface area contributed by atoms with Crippen molar-refractivity contribution in [3.8, 4) is 11.5 Å². The normalized spacial score (nSPS) is 11.2. The Bertz CT molecular complexity index is 1600. The summed E-state index contributed by atoms with van der Waals surface area (Å²) in [6.07, 6.45) is -2.81. The SMILES string of the molecule is CCOC(=O)COC(=O)c1cc(Oc2ccc(C(F)(F)F)cc2Cl)ccc1[N+](=O)[O-].CSc1nnc(C(C)(C)C)c(=O)n1N. The predicted molar refractivity (Wildman–Crippen MR) is 153 cm³/mol. The molecule has 0 atom stereocenters. The van der Waals surface area contributed by atoms with E-state index in [9.17, 15) is 37.7 Å². The molecule has 2 N–H and O–H groups in total. The van der Waals surface area contributed by atoms with E-state index in [0.29, 0.717) is 16.9 Å². The monoisotopic (exact) mass is 661 g/mol. The van der Waals surface area contributed by atoms with Crippen molar-refractivity contribution in [1.82, 2.24) is 14.9 Å². The van der Waals surface area contributed by atoms with Crippen LogP contribution in [0.2, 0.25) is 5.02 Å². The molecule has 0 fully saturated rings. The molecule has 0 unspecified atom stereocenters. The molecule has 0 aliphatic heterocycles. The van der Waals surface area contributed by atoms with E-state index in [0.717, 1.165) is 35.0 Å². The topological polar surface area (TPSA) is 179 Å². The molecule has 0 amide bonds. The summed E-state index contributed by atoms with van der Waals surface area (Å²) in [6.45, 7) is 6.52. The molecule has 18 heteroatoms. The molecule has 0 bridgehead atoms. The number of carbonyl (C=O) groups is 2. The summed E-state index contributed by atoms with van der Waals surface area (Å²) in [5.41, 5.74) is -2.39. The molecule has 44 heavy (non-hydrogen) atoms. The molecule has 0 spiro atoms. The lowest BCUT2D eigenvalue weighted by atomic mass is 9.93. The fourth-order valence-corrected chi connectivity index (χ4v) is 3.81. The van der Waals surface area contributed by atoms with E-state index < -0.39 is 46.5 Å². The number of ether oxygens (including phenoxy) is 3. The summed E-state index contributed by atoms with van der Waals surface area (Å²) >= 11 is 7.10. The number of nitrogen functional groups attached to an aromatic ring is 1. The number of nitrogens with two attached hydrogens (primary N) is 1. The molecular formula is C26H27ClF3N5O8S. The summed E-state index contributed by atoms with van der Waals surface area (Å²) in [5, 5.41) is 19.0. The van der Waals surface area contributed by atoms with Gasteiger partial charge < -0.3 is 20.1 Å². The molecular weight excluding hydrogens is 635 g/mol. The fraction of sp³-hybridized carbons (Fsp3) is 0.346. The zero-order chi connectivity index (χ0) is 33.4. The minimum atomic E-state index is -4.61. The number of benzene rings is 2. The predicted octanol–water partition coefficient (Wildman–Crippen LogP) is 5.15. The number of aromatic nitrogens is 3. The van der Waals surface area contributed by atoms with Gasteiger partial charge in [0.15, 0.2) is 6.61 Å². The van der Waals surface area contributed by atoms with Gasteiger partial charge in [0.2, 0.25) is 5.16 Å². The van der Waals surface area contributed by atoms with Crippen molar-refractivity contribution in [3.63, 3.8) is 0 Å². The number of nitro groups is 1. The summed E-state index contributed by atoms with van der Waals surface area (Å²) < 4.78 is 53.8. The van der Waals surface area contributed by atoms with Gasteiger partial charge in [-0.3, -0.25) is 14.9 Å². The Morgan fingerprint density at radius 1 is 1.11 bits per heavy atom. The highest BCUT2D eigenvalue weighted by molar-refractivity contribution is 7.98. The summed E-state index contributed by atoms with van der Waals surface area (Å²) in [7, 11) is 0. The van der Waals surface area contributed by atoms with Gasteiger partial charge in [-0.25, -0.2) is 9.59 Å². The highest BCUT2D eigenvalue weighted by atomic mass is 35.5. The molecule has 0 saturated heterocycles. The van der Waals surface area contributed by atoms with Crippen molar-refractivity contribution < 1.29 is 41.9 Å². The van der Waals surface area contributed by atoms with Gasteiger partial charge >= 0.3 is 18.1 Å². The van der Waals surface area contributed by atoms with E-state index in [1.807, 2.05) is 20.8 Å². The minimum absolute atomic E-state index is 0.0493. The van der Waals surface area contributed by atoms with Crippen LogP contribution in [0.4, 0.5) is 18.9 Å². The average Bonchev–Trinajstić information content (AvgIpc) is 2.93. The Morgan fingerprint density at radius 3 is 2.30 bits per heavy atom. The summed E-state index contributed by atoms with van der Waals surface area (Å²) in [5.74, 6) is 3.22. The molecule has 1 heterocycles. The second-order valence-electron chi connectivity index (χ2n) is 9.52. The van der Waals surface area contributed by atoms with Crippen LogP contribution in [0.3, 0.4) is 0 Å². The van der Waals surface area contributed by atoms with Crippen LogP contribution in [0.15, 0.2) is 46.3 Å². The van der Waals surface area contributed by atoms with Gasteiger partial charge in [0.1, 0.15) is 22.8 Å². The maximum absolute atomic E-state index is 12.7. The van der Waals surface area contributed by atoms with Crippen molar-refractivity contribution in [2.24, 2.45) is 0 Å². The molecule has 3 rings (SSSR count). The molecule has 238 valence electrons. The maximum atomic E-state index is 12.7. The first kappa shape index (κ1) is 35.8. The van der Waals surface area contributed by atoms with E-state index in [-0.39, 0.29) is 34.1 Å². The Kier molecular flexibility index (Phi) is 12.1. The zero-order valence-corrected chi connectivity index (χ0v) is 25.5. The zero-order valence-electron chi connectivity index (χ0n) is 23.9. The Hall–Kier alpha value is -4.38. The number of rotatable bonds is 8.